The van der Waals surface area contributed by atoms with Crippen molar-refractivity contribution in [3.05, 3.63) is 48.2 Å². The molecule has 0 unspecified atom stereocenters. The summed E-state index contributed by atoms with van der Waals surface area (Å²) < 4.78 is 32.4. The number of nitrogens with zero attached hydrogens (tertiary/aromatic N) is 4. The van der Waals surface area contributed by atoms with Crippen LogP contribution in [0.2, 0.25) is 0 Å². The summed E-state index contributed by atoms with van der Waals surface area (Å²) in [6.07, 6.45) is 3.33. The second-order valence-electron chi connectivity index (χ2n) is 7.55. The maximum absolute atomic E-state index is 12.7. The second kappa shape index (κ2) is 8.69. The van der Waals surface area contributed by atoms with Crippen LogP contribution in [0, 0.1) is 0 Å². The van der Waals surface area contributed by atoms with E-state index in [-0.39, 0.29) is 4.90 Å². The average Bonchev–Trinajstić information content (AvgIpc) is 3.31. The molecule has 0 N–H and O–H groups in total. The molecule has 1 aromatic carbocycles. The van der Waals surface area contributed by atoms with Crippen molar-refractivity contribution >= 4 is 21.5 Å². The number of ether oxygens (including phenoxy) is 1. The molecule has 3 heterocycles. The fourth-order valence-electron chi connectivity index (χ4n) is 3.92. The zero-order valence-electron chi connectivity index (χ0n) is 16.8. The first kappa shape index (κ1) is 20.1. The predicted octanol–water partition coefficient (Wildman–Crippen LogP) is 2.34. The number of sulfonamides is 1. The molecule has 0 spiro atoms. The van der Waals surface area contributed by atoms with Gasteiger partial charge in [0.1, 0.15) is 10.7 Å². The Morgan fingerprint density at radius 3 is 2.45 bits per heavy atom. The molecule has 0 atom stereocenters. The Bertz CT molecular complexity index is 921. The SMILES string of the molecule is CN(Cc1ccccc1N1CCOCC1)c1ccc(S(=O)(=O)N2CCCC2)cn1. The third kappa shape index (κ3) is 4.39. The fraction of sp³-hybridized carbons (Fsp3) is 0.476. The van der Waals surface area contributed by atoms with Crippen LogP contribution in [0.25, 0.3) is 0 Å². The summed E-state index contributed by atoms with van der Waals surface area (Å²) >= 11 is 0. The molecule has 0 aliphatic carbocycles. The van der Waals surface area contributed by atoms with Gasteiger partial charge in [-0.15, -0.1) is 0 Å². The summed E-state index contributed by atoms with van der Waals surface area (Å²) in [6.45, 7) is 5.17. The van der Waals surface area contributed by atoms with Gasteiger partial charge in [0.25, 0.3) is 0 Å². The Morgan fingerprint density at radius 2 is 1.76 bits per heavy atom. The van der Waals surface area contributed by atoms with E-state index in [9.17, 15) is 8.42 Å². The van der Waals surface area contributed by atoms with Crippen LogP contribution in [0.1, 0.15) is 18.4 Å². The molecule has 0 radical (unpaired) electrons. The lowest BCUT2D eigenvalue weighted by Gasteiger charge is -2.31. The van der Waals surface area contributed by atoms with Crippen LogP contribution < -0.4 is 9.80 Å². The van der Waals surface area contributed by atoms with Crippen molar-refractivity contribution in [2.45, 2.75) is 24.3 Å². The average molecular weight is 417 g/mol. The molecule has 2 saturated heterocycles. The largest absolute Gasteiger partial charge is 0.378 e. The highest BCUT2D eigenvalue weighted by Gasteiger charge is 2.27. The third-order valence-corrected chi connectivity index (χ3v) is 7.45. The van der Waals surface area contributed by atoms with E-state index >= 15 is 0 Å². The lowest BCUT2D eigenvalue weighted by molar-refractivity contribution is 0.122. The van der Waals surface area contributed by atoms with Crippen molar-refractivity contribution in [1.29, 1.82) is 0 Å². The maximum Gasteiger partial charge on any atom is 0.244 e. The normalized spacial score (nSPS) is 18.2. The Labute approximate surface area is 172 Å². The van der Waals surface area contributed by atoms with Gasteiger partial charge in [0, 0.05) is 51.7 Å². The van der Waals surface area contributed by atoms with E-state index in [4.69, 9.17) is 4.74 Å². The number of benzene rings is 1. The van der Waals surface area contributed by atoms with Gasteiger partial charge < -0.3 is 14.5 Å². The molecule has 0 amide bonds. The van der Waals surface area contributed by atoms with Crippen molar-refractivity contribution in [1.82, 2.24) is 9.29 Å². The van der Waals surface area contributed by atoms with Crippen LogP contribution >= 0.6 is 0 Å². The number of morpholine rings is 1. The maximum atomic E-state index is 12.7. The highest BCUT2D eigenvalue weighted by Crippen LogP contribution is 2.25. The van der Waals surface area contributed by atoms with Gasteiger partial charge in [-0.2, -0.15) is 4.31 Å². The first-order valence-electron chi connectivity index (χ1n) is 10.1. The molecule has 0 bridgehead atoms. The fourth-order valence-corrected chi connectivity index (χ4v) is 5.39. The summed E-state index contributed by atoms with van der Waals surface area (Å²) in [7, 11) is -1.45. The van der Waals surface area contributed by atoms with Crippen LogP contribution in [0.3, 0.4) is 0 Å². The van der Waals surface area contributed by atoms with E-state index in [1.54, 1.807) is 16.4 Å². The number of hydrogen-bond acceptors (Lipinski definition) is 6. The molecular weight excluding hydrogens is 388 g/mol. The number of rotatable bonds is 6. The summed E-state index contributed by atoms with van der Waals surface area (Å²) in [5, 5.41) is 0. The van der Waals surface area contributed by atoms with Gasteiger partial charge in [-0.3, -0.25) is 0 Å². The summed E-state index contributed by atoms with van der Waals surface area (Å²) in [5.41, 5.74) is 2.43. The summed E-state index contributed by atoms with van der Waals surface area (Å²) in [4.78, 5) is 9.11. The molecule has 2 aliphatic rings. The zero-order valence-corrected chi connectivity index (χ0v) is 17.6. The van der Waals surface area contributed by atoms with E-state index in [0.717, 1.165) is 45.0 Å². The highest BCUT2D eigenvalue weighted by molar-refractivity contribution is 7.89. The van der Waals surface area contributed by atoms with Crippen LogP contribution in [-0.4, -0.2) is 64.1 Å². The Balaban J connectivity index is 1.49. The number of para-hydroxylation sites is 1. The second-order valence-corrected chi connectivity index (χ2v) is 9.49. The van der Waals surface area contributed by atoms with Gasteiger partial charge in [-0.1, -0.05) is 18.2 Å². The molecule has 1 aromatic heterocycles. The molecule has 8 heteroatoms. The smallest absolute Gasteiger partial charge is 0.244 e. The molecule has 2 aromatic rings. The number of anilines is 2. The minimum atomic E-state index is -3.43. The summed E-state index contributed by atoms with van der Waals surface area (Å²) in [6, 6.07) is 11.8. The molecule has 156 valence electrons. The number of pyridine rings is 1. The molecule has 0 saturated carbocycles. The molecule has 4 rings (SSSR count). The van der Waals surface area contributed by atoms with Gasteiger partial charge in [0.2, 0.25) is 10.0 Å². The predicted molar refractivity (Wildman–Crippen MR) is 114 cm³/mol. The molecule has 2 aliphatic heterocycles. The molecule has 2 fully saturated rings. The zero-order chi connectivity index (χ0) is 20.3. The van der Waals surface area contributed by atoms with E-state index in [2.05, 4.69) is 28.1 Å². The third-order valence-electron chi connectivity index (χ3n) is 5.57. The lowest BCUT2D eigenvalue weighted by atomic mass is 10.1. The molecule has 7 nitrogen and oxygen atoms in total. The molecular formula is C21H28N4O3S. The van der Waals surface area contributed by atoms with Gasteiger partial charge in [0.15, 0.2) is 0 Å². The quantitative estimate of drug-likeness (QED) is 0.720. The van der Waals surface area contributed by atoms with Gasteiger partial charge in [-0.05, 0) is 36.6 Å². The van der Waals surface area contributed by atoms with Crippen LogP contribution in [0.15, 0.2) is 47.5 Å². The monoisotopic (exact) mass is 416 g/mol. The van der Waals surface area contributed by atoms with Crippen LogP contribution in [0.5, 0.6) is 0 Å². The van der Waals surface area contributed by atoms with E-state index < -0.39 is 10.0 Å². The van der Waals surface area contributed by atoms with Crippen LogP contribution in [0.4, 0.5) is 11.5 Å². The van der Waals surface area contributed by atoms with Gasteiger partial charge >= 0.3 is 0 Å². The topological polar surface area (TPSA) is 66.0 Å². The number of aromatic nitrogens is 1. The standard InChI is InChI=1S/C21H28N4O3S/c1-23(17-18-6-2-3-7-20(18)24-12-14-28-15-13-24)21-9-8-19(16-22-21)29(26,27)25-10-4-5-11-25/h2-3,6-9,16H,4-5,10-15,17H2,1H3. The van der Waals surface area contributed by atoms with E-state index in [1.165, 1.54) is 17.4 Å². The van der Waals surface area contributed by atoms with Gasteiger partial charge in [0.05, 0.1) is 13.2 Å². The Hall–Kier alpha value is -2.16. The minimum Gasteiger partial charge on any atom is -0.378 e. The Morgan fingerprint density at radius 1 is 1.03 bits per heavy atom. The van der Waals surface area contributed by atoms with E-state index in [1.807, 2.05) is 18.0 Å². The van der Waals surface area contributed by atoms with E-state index in [0.29, 0.717) is 19.6 Å². The number of hydrogen-bond donors (Lipinski definition) is 0. The van der Waals surface area contributed by atoms with Crippen LogP contribution in [-0.2, 0) is 21.3 Å². The van der Waals surface area contributed by atoms with Crippen molar-refractivity contribution in [3.63, 3.8) is 0 Å². The van der Waals surface area contributed by atoms with Crippen molar-refractivity contribution in [3.8, 4) is 0 Å². The first-order chi connectivity index (χ1) is 14.1. The minimum absolute atomic E-state index is 0.269. The molecule has 29 heavy (non-hydrogen) atoms. The Kier molecular flexibility index (Phi) is 6.03. The van der Waals surface area contributed by atoms with Gasteiger partial charge in [-0.25, -0.2) is 13.4 Å². The first-order valence-corrected chi connectivity index (χ1v) is 11.6. The highest BCUT2D eigenvalue weighted by atomic mass is 32.2. The van der Waals surface area contributed by atoms with Crippen molar-refractivity contribution in [2.75, 3.05) is 56.2 Å². The van der Waals surface area contributed by atoms with Crippen molar-refractivity contribution < 1.29 is 13.2 Å². The van der Waals surface area contributed by atoms with Crippen molar-refractivity contribution in [2.24, 2.45) is 0 Å². The summed E-state index contributed by atoms with van der Waals surface area (Å²) in [5.74, 6) is 0.752. The lowest BCUT2D eigenvalue weighted by Crippen LogP contribution is -2.37.